The summed E-state index contributed by atoms with van der Waals surface area (Å²) in [4.78, 5) is 14.3. The normalized spacial score (nSPS) is 10.3. The molecule has 0 fully saturated rings. The summed E-state index contributed by atoms with van der Waals surface area (Å²) >= 11 is 3.98. The Morgan fingerprint density at radius 3 is 2.52 bits per heavy atom. The number of halogens is 1. The van der Waals surface area contributed by atoms with Gasteiger partial charge in [-0.3, -0.25) is 4.79 Å². The molecular weight excluding hydrogens is 287 g/mol. The van der Waals surface area contributed by atoms with Crippen LogP contribution in [0.4, 0.5) is 15.8 Å². The maximum absolute atomic E-state index is 13.2. The Balaban J connectivity index is 2.23. The first-order valence-electron chi connectivity index (χ1n) is 6.46. The fraction of sp³-hybridized carbons (Fsp3) is 0.188. The number of benzene rings is 2. The molecule has 2 aromatic rings. The van der Waals surface area contributed by atoms with E-state index >= 15 is 0 Å². The summed E-state index contributed by atoms with van der Waals surface area (Å²) in [6.45, 7) is 2.01. The van der Waals surface area contributed by atoms with E-state index in [1.165, 1.54) is 18.2 Å². The summed E-state index contributed by atoms with van der Waals surface area (Å²) < 4.78 is 13.2. The number of anilines is 2. The van der Waals surface area contributed by atoms with E-state index in [2.05, 4.69) is 17.9 Å². The van der Waals surface area contributed by atoms with Crippen molar-refractivity contribution in [2.45, 2.75) is 11.8 Å². The first-order chi connectivity index (χ1) is 9.88. The zero-order valence-electron chi connectivity index (χ0n) is 12.1. The van der Waals surface area contributed by atoms with Crippen LogP contribution in [0.5, 0.6) is 0 Å². The molecule has 3 nitrogen and oxygen atoms in total. The average Bonchev–Trinajstić information content (AvgIpc) is 2.43. The Bertz CT molecular complexity index is 686. The quantitative estimate of drug-likeness (QED) is 0.847. The van der Waals surface area contributed by atoms with Gasteiger partial charge in [-0.05, 0) is 42.8 Å². The van der Waals surface area contributed by atoms with Gasteiger partial charge in [0.15, 0.2) is 0 Å². The smallest absolute Gasteiger partial charge is 0.255 e. The lowest BCUT2D eigenvalue weighted by atomic mass is 10.1. The average molecular weight is 304 g/mol. The van der Waals surface area contributed by atoms with Gasteiger partial charge in [-0.2, -0.15) is 0 Å². The molecule has 0 saturated heterocycles. The topological polar surface area (TPSA) is 32.3 Å². The monoisotopic (exact) mass is 304 g/mol. The van der Waals surface area contributed by atoms with Gasteiger partial charge in [0.25, 0.3) is 5.91 Å². The zero-order chi connectivity index (χ0) is 15.6. The van der Waals surface area contributed by atoms with Crippen LogP contribution in [0, 0.1) is 12.7 Å². The van der Waals surface area contributed by atoms with E-state index < -0.39 is 5.82 Å². The third-order valence-corrected chi connectivity index (χ3v) is 3.50. The molecule has 0 unspecified atom stereocenters. The van der Waals surface area contributed by atoms with Crippen molar-refractivity contribution >= 4 is 29.9 Å². The predicted molar refractivity (Wildman–Crippen MR) is 87.1 cm³/mol. The fourth-order valence-corrected chi connectivity index (χ4v) is 2.24. The van der Waals surface area contributed by atoms with Crippen LogP contribution in [-0.4, -0.2) is 20.0 Å². The second-order valence-electron chi connectivity index (χ2n) is 5.02. The summed E-state index contributed by atoms with van der Waals surface area (Å²) in [6, 6.07) is 9.77. The number of carbonyl (C=O) groups is 1. The van der Waals surface area contributed by atoms with Crippen molar-refractivity contribution in [3.63, 3.8) is 0 Å². The number of nitrogens with zero attached hydrogens (tertiary/aromatic N) is 1. The van der Waals surface area contributed by atoms with Crippen molar-refractivity contribution < 1.29 is 9.18 Å². The van der Waals surface area contributed by atoms with Gasteiger partial charge in [0.05, 0.1) is 0 Å². The lowest BCUT2D eigenvalue weighted by Gasteiger charge is -2.17. The highest BCUT2D eigenvalue weighted by atomic mass is 32.1. The Hall–Kier alpha value is -2.01. The molecule has 0 spiro atoms. The van der Waals surface area contributed by atoms with Gasteiger partial charge in [0.2, 0.25) is 0 Å². The minimum absolute atomic E-state index is 0.153. The van der Waals surface area contributed by atoms with Crippen LogP contribution in [0.25, 0.3) is 0 Å². The van der Waals surface area contributed by atoms with Crippen LogP contribution in [-0.2, 0) is 0 Å². The van der Waals surface area contributed by atoms with E-state index in [1.807, 2.05) is 44.1 Å². The van der Waals surface area contributed by atoms with Crippen molar-refractivity contribution in [2.24, 2.45) is 0 Å². The molecule has 0 saturated carbocycles. The van der Waals surface area contributed by atoms with Crippen LogP contribution < -0.4 is 10.2 Å². The number of aryl methyl sites for hydroxylation is 1. The highest BCUT2D eigenvalue weighted by Crippen LogP contribution is 2.23. The van der Waals surface area contributed by atoms with Gasteiger partial charge in [0, 0.05) is 35.9 Å². The SMILES string of the molecule is Cc1ccc(NC(=O)c2ccc(F)c(S)c2)cc1N(C)C. The van der Waals surface area contributed by atoms with E-state index in [1.54, 1.807) is 0 Å². The van der Waals surface area contributed by atoms with Gasteiger partial charge in [-0.25, -0.2) is 4.39 Å². The maximum atomic E-state index is 13.2. The molecule has 0 aliphatic heterocycles. The molecule has 0 radical (unpaired) electrons. The lowest BCUT2D eigenvalue weighted by molar-refractivity contribution is 0.102. The molecule has 0 atom stereocenters. The third-order valence-electron chi connectivity index (χ3n) is 3.16. The summed E-state index contributed by atoms with van der Waals surface area (Å²) in [7, 11) is 3.89. The van der Waals surface area contributed by atoms with Gasteiger partial charge >= 0.3 is 0 Å². The molecule has 0 heterocycles. The Morgan fingerprint density at radius 1 is 1.19 bits per heavy atom. The first kappa shape index (κ1) is 15.4. The molecule has 2 rings (SSSR count). The Labute approximate surface area is 129 Å². The van der Waals surface area contributed by atoms with Gasteiger partial charge in [-0.1, -0.05) is 6.07 Å². The molecule has 0 aliphatic rings. The summed E-state index contributed by atoms with van der Waals surface area (Å²) in [6.07, 6.45) is 0. The van der Waals surface area contributed by atoms with Crippen molar-refractivity contribution in [1.29, 1.82) is 0 Å². The van der Waals surface area contributed by atoms with Crippen molar-refractivity contribution in [3.05, 3.63) is 53.3 Å². The van der Waals surface area contributed by atoms with E-state index in [4.69, 9.17) is 0 Å². The van der Waals surface area contributed by atoms with E-state index in [-0.39, 0.29) is 10.8 Å². The molecular formula is C16H17FN2OS. The number of hydrogen-bond donors (Lipinski definition) is 2. The Morgan fingerprint density at radius 2 is 1.90 bits per heavy atom. The van der Waals surface area contributed by atoms with Crippen molar-refractivity contribution in [2.75, 3.05) is 24.3 Å². The number of nitrogens with one attached hydrogen (secondary N) is 1. The van der Waals surface area contributed by atoms with Gasteiger partial charge < -0.3 is 10.2 Å². The van der Waals surface area contributed by atoms with Crippen LogP contribution >= 0.6 is 12.6 Å². The number of amides is 1. The second-order valence-corrected chi connectivity index (χ2v) is 5.50. The number of thiol groups is 1. The molecule has 0 aliphatic carbocycles. The molecule has 1 amide bonds. The van der Waals surface area contributed by atoms with E-state index in [9.17, 15) is 9.18 Å². The van der Waals surface area contributed by atoms with Crippen LogP contribution in [0.1, 0.15) is 15.9 Å². The molecule has 21 heavy (non-hydrogen) atoms. The first-order valence-corrected chi connectivity index (χ1v) is 6.91. The minimum Gasteiger partial charge on any atom is -0.377 e. The zero-order valence-corrected chi connectivity index (χ0v) is 13.0. The highest BCUT2D eigenvalue weighted by molar-refractivity contribution is 7.80. The van der Waals surface area contributed by atoms with Crippen LogP contribution in [0.2, 0.25) is 0 Å². The van der Waals surface area contributed by atoms with E-state index in [0.717, 1.165) is 11.3 Å². The third kappa shape index (κ3) is 3.55. The number of hydrogen-bond acceptors (Lipinski definition) is 3. The van der Waals surface area contributed by atoms with E-state index in [0.29, 0.717) is 11.3 Å². The van der Waals surface area contributed by atoms with Crippen LogP contribution in [0.3, 0.4) is 0 Å². The molecule has 5 heteroatoms. The predicted octanol–water partition coefficient (Wildman–Crippen LogP) is 3.74. The summed E-state index contributed by atoms with van der Waals surface area (Å²) in [5, 5.41) is 2.81. The maximum Gasteiger partial charge on any atom is 0.255 e. The lowest BCUT2D eigenvalue weighted by Crippen LogP contribution is -2.14. The highest BCUT2D eigenvalue weighted by Gasteiger charge is 2.10. The van der Waals surface area contributed by atoms with Gasteiger partial charge in [-0.15, -0.1) is 12.6 Å². The molecule has 110 valence electrons. The van der Waals surface area contributed by atoms with Gasteiger partial charge in [0.1, 0.15) is 5.82 Å². The summed E-state index contributed by atoms with van der Waals surface area (Å²) in [5.41, 5.74) is 3.21. The fourth-order valence-electron chi connectivity index (χ4n) is 2.03. The number of carbonyl (C=O) groups excluding carboxylic acids is 1. The summed E-state index contributed by atoms with van der Waals surface area (Å²) in [5.74, 6) is -0.737. The Kier molecular flexibility index (Phi) is 4.53. The van der Waals surface area contributed by atoms with Crippen LogP contribution in [0.15, 0.2) is 41.3 Å². The van der Waals surface area contributed by atoms with Crippen molar-refractivity contribution in [1.82, 2.24) is 0 Å². The van der Waals surface area contributed by atoms with Crippen molar-refractivity contribution in [3.8, 4) is 0 Å². The number of rotatable bonds is 3. The molecule has 1 N–H and O–H groups in total. The molecule has 0 bridgehead atoms. The molecule has 0 aromatic heterocycles. The second kappa shape index (κ2) is 6.18. The minimum atomic E-state index is -0.444. The largest absolute Gasteiger partial charge is 0.377 e. The molecule has 2 aromatic carbocycles. The standard InChI is InChI=1S/C16H17FN2OS/c1-10-4-6-12(9-14(10)19(2)3)18-16(20)11-5-7-13(17)15(21)8-11/h4-9,21H,1-3H3,(H,18,20).